The van der Waals surface area contributed by atoms with E-state index < -0.39 is 23.4 Å². The summed E-state index contributed by atoms with van der Waals surface area (Å²) < 4.78 is 56.5. The van der Waals surface area contributed by atoms with Gasteiger partial charge in [-0.1, -0.05) is 6.42 Å². The zero-order valence-corrected chi connectivity index (χ0v) is 16.2. The molecule has 0 aliphatic carbocycles. The SMILES string of the molecule is CC(C)OC(CCCCCc1cc(F)c(F)cc1F)(O[Si])OC(C)C. The molecule has 0 aliphatic rings. The van der Waals surface area contributed by atoms with Crippen LogP contribution in [0, 0.1) is 17.5 Å². The van der Waals surface area contributed by atoms with Gasteiger partial charge in [0.2, 0.25) is 0 Å². The fraction of sp³-hybridized carbons (Fsp3) is 0.667. The summed E-state index contributed by atoms with van der Waals surface area (Å²) in [6.45, 7) is 7.54. The number of benzene rings is 1. The quantitative estimate of drug-likeness (QED) is 0.240. The van der Waals surface area contributed by atoms with Crippen molar-refractivity contribution in [2.75, 3.05) is 0 Å². The van der Waals surface area contributed by atoms with Crippen molar-refractivity contribution in [3.63, 3.8) is 0 Å². The second kappa shape index (κ2) is 10.3. The van der Waals surface area contributed by atoms with Crippen molar-refractivity contribution in [3.05, 3.63) is 35.1 Å². The van der Waals surface area contributed by atoms with Crippen LogP contribution >= 0.6 is 0 Å². The van der Waals surface area contributed by atoms with Gasteiger partial charge in [-0.15, -0.1) is 0 Å². The Hall–Kier alpha value is -0.893. The van der Waals surface area contributed by atoms with Crippen LogP contribution in [0.3, 0.4) is 0 Å². The van der Waals surface area contributed by atoms with E-state index in [4.69, 9.17) is 13.9 Å². The first-order valence-electron chi connectivity index (χ1n) is 8.53. The molecule has 0 amide bonds. The lowest BCUT2D eigenvalue weighted by atomic mass is 10.0. The fourth-order valence-corrected chi connectivity index (χ4v) is 2.75. The molecule has 25 heavy (non-hydrogen) atoms. The van der Waals surface area contributed by atoms with E-state index in [0.717, 1.165) is 12.5 Å². The molecule has 1 rings (SSSR count). The summed E-state index contributed by atoms with van der Waals surface area (Å²) in [6, 6.07) is 1.50. The highest BCUT2D eigenvalue weighted by Crippen LogP contribution is 2.26. The Balaban J connectivity index is 2.52. The summed E-state index contributed by atoms with van der Waals surface area (Å²) in [5.74, 6) is -4.11. The summed E-state index contributed by atoms with van der Waals surface area (Å²) >= 11 is 0. The van der Waals surface area contributed by atoms with Crippen molar-refractivity contribution >= 4 is 10.5 Å². The van der Waals surface area contributed by atoms with Crippen LogP contribution in [0.25, 0.3) is 0 Å². The van der Waals surface area contributed by atoms with Gasteiger partial charge in [0.15, 0.2) is 11.6 Å². The minimum absolute atomic E-state index is 0.0913. The Kier molecular flexibility index (Phi) is 9.13. The Morgan fingerprint density at radius 3 is 1.96 bits per heavy atom. The predicted octanol–water partition coefficient (Wildman–Crippen LogP) is 4.81. The number of rotatable bonds is 11. The van der Waals surface area contributed by atoms with Gasteiger partial charge in [0.05, 0.1) is 12.2 Å². The molecule has 0 N–H and O–H groups in total. The Morgan fingerprint density at radius 1 is 0.880 bits per heavy atom. The molecule has 0 unspecified atom stereocenters. The number of hydrogen-bond acceptors (Lipinski definition) is 3. The van der Waals surface area contributed by atoms with Gasteiger partial charge in [0.25, 0.3) is 16.5 Å². The third-order valence-corrected chi connectivity index (χ3v) is 3.82. The monoisotopic (exact) mass is 375 g/mol. The molecule has 0 fully saturated rings. The van der Waals surface area contributed by atoms with Crippen LogP contribution in [0.2, 0.25) is 0 Å². The standard InChI is InChI=1S/C18H26F3O3Si/c1-12(2)22-18(24-25,23-13(3)4)9-7-5-6-8-14-10-16(20)17(21)11-15(14)19/h10-13H,5-9H2,1-4H3. The second-order valence-corrected chi connectivity index (χ2v) is 6.74. The van der Waals surface area contributed by atoms with Crippen molar-refractivity contribution in [2.24, 2.45) is 0 Å². The Bertz CT molecular complexity index is 529. The van der Waals surface area contributed by atoms with E-state index in [1.54, 1.807) is 0 Å². The number of hydrogen-bond donors (Lipinski definition) is 0. The van der Waals surface area contributed by atoms with Gasteiger partial charge in [-0.3, -0.25) is 0 Å². The minimum atomic E-state index is -1.19. The number of aryl methyl sites for hydroxylation is 1. The molecular weight excluding hydrogens is 349 g/mol. The van der Waals surface area contributed by atoms with Gasteiger partial charge >= 0.3 is 0 Å². The van der Waals surface area contributed by atoms with Crippen molar-refractivity contribution < 1.29 is 27.1 Å². The molecule has 0 saturated carbocycles. The third kappa shape index (κ3) is 7.48. The van der Waals surface area contributed by atoms with Crippen LogP contribution in [0.15, 0.2) is 12.1 Å². The smallest absolute Gasteiger partial charge is 0.273 e. The van der Waals surface area contributed by atoms with E-state index in [1.165, 1.54) is 0 Å². The van der Waals surface area contributed by atoms with Crippen molar-refractivity contribution in [1.29, 1.82) is 0 Å². The fourth-order valence-electron chi connectivity index (χ4n) is 2.55. The first-order chi connectivity index (χ1) is 11.7. The van der Waals surface area contributed by atoms with E-state index in [2.05, 4.69) is 10.5 Å². The van der Waals surface area contributed by atoms with E-state index >= 15 is 0 Å². The van der Waals surface area contributed by atoms with Gasteiger partial charge in [-0.25, -0.2) is 13.2 Å². The average Bonchev–Trinajstić information content (AvgIpc) is 2.50. The third-order valence-electron chi connectivity index (χ3n) is 3.50. The highest BCUT2D eigenvalue weighted by atomic mass is 28.2. The lowest BCUT2D eigenvalue weighted by Gasteiger charge is -2.35. The summed E-state index contributed by atoms with van der Waals surface area (Å²) in [5.41, 5.74) is 0.179. The average molecular weight is 375 g/mol. The molecule has 0 saturated heterocycles. The summed E-state index contributed by atoms with van der Waals surface area (Å²) in [5, 5.41) is 0. The van der Waals surface area contributed by atoms with Crippen molar-refractivity contribution in [3.8, 4) is 0 Å². The van der Waals surface area contributed by atoms with Gasteiger partial charge in [-0.05, 0) is 58.6 Å². The van der Waals surface area contributed by atoms with E-state index in [-0.39, 0.29) is 17.8 Å². The minimum Gasteiger partial charge on any atom is -0.371 e. The summed E-state index contributed by atoms with van der Waals surface area (Å²) in [6.07, 6.45) is 2.70. The molecule has 0 aliphatic heterocycles. The predicted molar refractivity (Wildman–Crippen MR) is 90.5 cm³/mol. The van der Waals surface area contributed by atoms with Gasteiger partial charge < -0.3 is 13.9 Å². The number of ether oxygens (including phenoxy) is 2. The van der Waals surface area contributed by atoms with Gasteiger partial charge in [0.1, 0.15) is 5.82 Å². The molecule has 0 aromatic heterocycles. The molecule has 3 nitrogen and oxygen atoms in total. The first kappa shape index (κ1) is 22.1. The molecule has 0 atom stereocenters. The first-order valence-corrected chi connectivity index (χ1v) is 8.93. The maximum Gasteiger partial charge on any atom is 0.273 e. The van der Waals surface area contributed by atoms with E-state index in [9.17, 15) is 13.2 Å². The van der Waals surface area contributed by atoms with Crippen LogP contribution < -0.4 is 0 Å². The lowest BCUT2D eigenvalue weighted by Crippen LogP contribution is -2.42. The molecule has 7 heteroatoms. The van der Waals surface area contributed by atoms with Crippen LogP contribution in [-0.4, -0.2) is 28.7 Å². The molecule has 0 bridgehead atoms. The maximum atomic E-state index is 13.6. The van der Waals surface area contributed by atoms with Crippen LogP contribution in [0.4, 0.5) is 13.2 Å². The molecule has 0 heterocycles. The van der Waals surface area contributed by atoms with E-state index in [1.807, 2.05) is 27.7 Å². The van der Waals surface area contributed by atoms with Crippen molar-refractivity contribution in [2.45, 2.75) is 78.0 Å². The number of unbranched alkanes of at least 4 members (excludes halogenated alkanes) is 2. The zero-order valence-electron chi connectivity index (χ0n) is 15.2. The van der Waals surface area contributed by atoms with E-state index in [0.29, 0.717) is 31.7 Å². The number of halogens is 3. The normalized spacial score (nSPS) is 12.4. The Labute approximate surface area is 151 Å². The van der Waals surface area contributed by atoms with Crippen LogP contribution in [0.5, 0.6) is 0 Å². The zero-order chi connectivity index (χ0) is 19.0. The molecule has 141 valence electrons. The highest BCUT2D eigenvalue weighted by Gasteiger charge is 2.33. The van der Waals surface area contributed by atoms with Gasteiger partial charge in [0, 0.05) is 12.5 Å². The summed E-state index contributed by atoms with van der Waals surface area (Å²) in [7, 11) is 3.04. The molecule has 0 spiro atoms. The Morgan fingerprint density at radius 2 is 1.44 bits per heavy atom. The van der Waals surface area contributed by atoms with Crippen molar-refractivity contribution in [1.82, 2.24) is 0 Å². The highest BCUT2D eigenvalue weighted by molar-refractivity contribution is 5.98. The van der Waals surface area contributed by atoms with Crippen LogP contribution in [-0.2, 0) is 20.3 Å². The summed E-state index contributed by atoms with van der Waals surface area (Å²) in [4.78, 5) is 0. The van der Waals surface area contributed by atoms with Crippen LogP contribution in [0.1, 0.15) is 58.9 Å². The molecule has 1 aromatic carbocycles. The van der Waals surface area contributed by atoms with Gasteiger partial charge in [-0.2, -0.15) is 0 Å². The lowest BCUT2D eigenvalue weighted by molar-refractivity contribution is -0.369. The molecular formula is C18H26F3O3Si. The maximum absolute atomic E-state index is 13.6. The second-order valence-electron chi connectivity index (χ2n) is 6.54. The molecule has 3 radical (unpaired) electrons. The molecule has 1 aromatic rings. The largest absolute Gasteiger partial charge is 0.371 e. The topological polar surface area (TPSA) is 27.7 Å².